The van der Waals surface area contributed by atoms with Crippen molar-refractivity contribution in [1.29, 1.82) is 0 Å². The van der Waals surface area contributed by atoms with Gasteiger partial charge < -0.3 is 0 Å². The van der Waals surface area contributed by atoms with Crippen LogP contribution in [0, 0.1) is 0 Å². The SMILES string of the molecule is CCCCCCSc1nnc(-c2cccs2)s1. The van der Waals surface area contributed by atoms with Crippen LogP contribution in [0.15, 0.2) is 21.9 Å². The largest absolute Gasteiger partial charge is 0.174 e. The van der Waals surface area contributed by atoms with Crippen molar-refractivity contribution in [2.75, 3.05) is 5.75 Å². The van der Waals surface area contributed by atoms with Crippen LogP contribution in [-0.2, 0) is 0 Å². The fraction of sp³-hybridized carbons (Fsp3) is 0.500. The Hall–Kier alpha value is -0.390. The number of hydrogen-bond donors (Lipinski definition) is 0. The summed E-state index contributed by atoms with van der Waals surface area (Å²) in [5.74, 6) is 1.17. The van der Waals surface area contributed by atoms with E-state index in [1.807, 2.05) is 11.8 Å². The molecule has 2 aromatic rings. The molecule has 0 fully saturated rings. The molecular weight excluding hydrogens is 268 g/mol. The quantitative estimate of drug-likeness (QED) is 0.532. The molecule has 0 aliphatic carbocycles. The Kier molecular flexibility index (Phi) is 5.48. The molecule has 0 unspecified atom stereocenters. The molecule has 0 radical (unpaired) electrons. The van der Waals surface area contributed by atoms with E-state index in [9.17, 15) is 0 Å². The first-order chi connectivity index (χ1) is 8.40. The lowest BCUT2D eigenvalue weighted by Gasteiger charge is -1.96. The summed E-state index contributed by atoms with van der Waals surface area (Å²) >= 11 is 5.27. The topological polar surface area (TPSA) is 25.8 Å². The Morgan fingerprint density at radius 2 is 2.18 bits per heavy atom. The number of unbranched alkanes of at least 4 members (excludes halogenated alkanes) is 3. The van der Waals surface area contributed by atoms with Crippen molar-refractivity contribution >= 4 is 34.4 Å². The fourth-order valence-electron chi connectivity index (χ4n) is 1.46. The number of rotatable bonds is 7. The lowest BCUT2D eigenvalue weighted by Crippen LogP contribution is -1.80. The van der Waals surface area contributed by atoms with Crippen molar-refractivity contribution in [3.8, 4) is 9.88 Å². The average molecular weight is 284 g/mol. The number of thioether (sulfide) groups is 1. The van der Waals surface area contributed by atoms with Gasteiger partial charge in [0.1, 0.15) is 0 Å². The van der Waals surface area contributed by atoms with E-state index in [-0.39, 0.29) is 0 Å². The smallest absolute Gasteiger partial charge is 0.141 e. The zero-order valence-electron chi connectivity index (χ0n) is 9.89. The summed E-state index contributed by atoms with van der Waals surface area (Å²) in [6.07, 6.45) is 5.26. The Balaban J connectivity index is 1.79. The van der Waals surface area contributed by atoms with Gasteiger partial charge in [0, 0.05) is 5.75 Å². The predicted octanol–water partition coefficient (Wildman–Crippen LogP) is 4.94. The standard InChI is InChI=1S/C12H16N2S3/c1-2-3-4-5-8-16-12-14-13-11(17-12)10-7-6-9-15-10/h6-7,9H,2-5,8H2,1H3. The third-order valence-corrected chi connectivity index (χ3v) is 5.54. The summed E-state index contributed by atoms with van der Waals surface area (Å²) in [7, 11) is 0. The van der Waals surface area contributed by atoms with E-state index in [1.165, 1.54) is 36.3 Å². The fourth-order valence-corrected chi connectivity index (χ4v) is 4.17. The Labute approximate surface area is 114 Å². The van der Waals surface area contributed by atoms with E-state index in [4.69, 9.17) is 0 Å². The van der Waals surface area contributed by atoms with Crippen molar-refractivity contribution in [2.45, 2.75) is 36.9 Å². The molecule has 0 saturated carbocycles. The monoisotopic (exact) mass is 284 g/mol. The molecule has 0 amide bonds. The molecule has 0 saturated heterocycles. The molecular formula is C12H16N2S3. The van der Waals surface area contributed by atoms with Crippen LogP contribution in [0.4, 0.5) is 0 Å². The van der Waals surface area contributed by atoms with Gasteiger partial charge in [0.2, 0.25) is 0 Å². The highest BCUT2D eigenvalue weighted by molar-refractivity contribution is 8.01. The molecule has 2 rings (SSSR count). The highest BCUT2D eigenvalue weighted by atomic mass is 32.2. The van der Waals surface area contributed by atoms with Gasteiger partial charge in [0.15, 0.2) is 9.35 Å². The number of thiophene rings is 1. The van der Waals surface area contributed by atoms with E-state index in [0.717, 1.165) is 9.35 Å². The highest BCUT2D eigenvalue weighted by Crippen LogP contribution is 2.32. The van der Waals surface area contributed by atoms with E-state index < -0.39 is 0 Å². The molecule has 0 bridgehead atoms. The average Bonchev–Trinajstić information content (AvgIpc) is 2.99. The summed E-state index contributed by atoms with van der Waals surface area (Å²) in [5.41, 5.74) is 0. The minimum absolute atomic E-state index is 1.05. The first-order valence-corrected chi connectivity index (χ1v) is 8.58. The van der Waals surface area contributed by atoms with E-state index in [0.29, 0.717) is 0 Å². The number of hydrogen-bond acceptors (Lipinski definition) is 5. The van der Waals surface area contributed by atoms with Gasteiger partial charge in [-0.1, -0.05) is 55.4 Å². The van der Waals surface area contributed by atoms with Gasteiger partial charge in [-0.2, -0.15) is 0 Å². The second-order valence-electron chi connectivity index (χ2n) is 3.76. The molecule has 2 heterocycles. The summed E-state index contributed by atoms with van der Waals surface area (Å²) in [4.78, 5) is 1.22. The minimum Gasteiger partial charge on any atom is -0.141 e. The van der Waals surface area contributed by atoms with E-state index in [2.05, 4.69) is 34.6 Å². The van der Waals surface area contributed by atoms with Gasteiger partial charge in [-0.3, -0.25) is 0 Å². The van der Waals surface area contributed by atoms with E-state index in [1.54, 1.807) is 22.7 Å². The molecule has 0 aromatic carbocycles. The molecule has 17 heavy (non-hydrogen) atoms. The first-order valence-electron chi connectivity index (χ1n) is 5.90. The number of aromatic nitrogens is 2. The summed E-state index contributed by atoms with van der Waals surface area (Å²) in [6.45, 7) is 2.24. The van der Waals surface area contributed by atoms with Crippen molar-refractivity contribution in [3.63, 3.8) is 0 Å². The maximum Gasteiger partial charge on any atom is 0.174 e. The van der Waals surface area contributed by atoms with Crippen LogP contribution in [-0.4, -0.2) is 16.0 Å². The normalized spacial score (nSPS) is 10.9. The minimum atomic E-state index is 1.05. The third kappa shape index (κ3) is 4.08. The Morgan fingerprint density at radius 3 is 2.94 bits per heavy atom. The van der Waals surface area contributed by atoms with Crippen LogP contribution in [0.1, 0.15) is 32.6 Å². The summed E-state index contributed by atoms with van der Waals surface area (Å²) in [5, 5.41) is 11.6. The highest BCUT2D eigenvalue weighted by Gasteiger charge is 2.07. The van der Waals surface area contributed by atoms with Crippen LogP contribution in [0.25, 0.3) is 9.88 Å². The van der Waals surface area contributed by atoms with Gasteiger partial charge in [-0.15, -0.1) is 21.5 Å². The molecule has 5 heteroatoms. The van der Waals surface area contributed by atoms with Gasteiger partial charge in [0.25, 0.3) is 0 Å². The Bertz CT molecular complexity index is 423. The maximum absolute atomic E-state index is 4.23. The lowest BCUT2D eigenvalue weighted by atomic mass is 10.2. The maximum atomic E-state index is 4.23. The summed E-state index contributed by atoms with van der Waals surface area (Å²) < 4.78 is 1.10. The second-order valence-corrected chi connectivity index (χ2v) is 7.03. The molecule has 0 atom stereocenters. The molecule has 92 valence electrons. The molecule has 0 N–H and O–H groups in total. The third-order valence-electron chi connectivity index (χ3n) is 2.36. The molecule has 0 spiro atoms. The van der Waals surface area contributed by atoms with Crippen molar-refractivity contribution in [2.24, 2.45) is 0 Å². The van der Waals surface area contributed by atoms with Crippen molar-refractivity contribution in [3.05, 3.63) is 17.5 Å². The number of nitrogens with zero attached hydrogens (tertiary/aromatic N) is 2. The molecule has 0 aliphatic heterocycles. The first kappa shape index (κ1) is 13.1. The summed E-state index contributed by atoms with van der Waals surface area (Å²) in [6, 6.07) is 4.15. The molecule has 2 aromatic heterocycles. The van der Waals surface area contributed by atoms with Crippen LogP contribution in [0.2, 0.25) is 0 Å². The predicted molar refractivity (Wildman–Crippen MR) is 78.1 cm³/mol. The van der Waals surface area contributed by atoms with Crippen LogP contribution in [0.5, 0.6) is 0 Å². The van der Waals surface area contributed by atoms with Gasteiger partial charge in [0.05, 0.1) is 4.88 Å². The van der Waals surface area contributed by atoms with Crippen LogP contribution >= 0.6 is 34.4 Å². The van der Waals surface area contributed by atoms with Crippen molar-refractivity contribution in [1.82, 2.24) is 10.2 Å². The molecule has 0 aliphatic rings. The van der Waals surface area contributed by atoms with Crippen LogP contribution < -0.4 is 0 Å². The van der Waals surface area contributed by atoms with Crippen molar-refractivity contribution < 1.29 is 0 Å². The zero-order valence-corrected chi connectivity index (χ0v) is 12.3. The van der Waals surface area contributed by atoms with Gasteiger partial charge >= 0.3 is 0 Å². The van der Waals surface area contributed by atoms with E-state index >= 15 is 0 Å². The zero-order chi connectivity index (χ0) is 11.9. The lowest BCUT2D eigenvalue weighted by molar-refractivity contribution is 0.706. The Morgan fingerprint density at radius 1 is 1.24 bits per heavy atom. The second kappa shape index (κ2) is 7.13. The van der Waals surface area contributed by atoms with Gasteiger partial charge in [-0.25, -0.2) is 0 Å². The molecule has 2 nitrogen and oxygen atoms in total. The van der Waals surface area contributed by atoms with Crippen LogP contribution in [0.3, 0.4) is 0 Å². The van der Waals surface area contributed by atoms with Gasteiger partial charge in [-0.05, 0) is 17.9 Å².